The minimum Gasteiger partial charge on any atom is -0.491 e. The van der Waals surface area contributed by atoms with E-state index < -0.39 is 12.1 Å². The summed E-state index contributed by atoms with van der Waals surface area (Å²) in [6, 6.07) is 7.08. The highest BCUT2D eigenvalue weighted by Crippen LogP contribution is 2.39. The molecule has 0 aliphatic carbocycles. The summed E-state index contributed by atoms with van der Waals surface area (Å²) in [6.45, 7) is 6.40. The summed E-state index contributed by atoms with van der Waals surface area (Å²) in [4.78, 5) is 33.0. The molecule has 1 unspecified atom stereocenters. The van der Waals surface area contributed by atoms with Crippen LogP contribution in [0.25, 0.3) is 0 Å². The number of fused-ring (bicyclic) bond motifs is 4. The number of aromatic nitrogens is 4. The molecule has 2 saturated heterocycles. The zero-order valence-electron chi connectivity index (χ0n) is 21.8. The first-order chi connectivity index (χ1) is 18.8. The van der Waals surface area contributed by atoms with Crippen LogP contribution < -0.4 is 25.2 Å². The van der Waals surface area contributed by atoms with Gasteiger partial charge < -0.3 is 44.7 Å². The summed E-state index contributed by atoms with van der Waals surface area (Å²) in [5.41, 5.74) is 1.13. The summed E-state index contributed by atoms with van der Waals surface area (Å²) in [5, 5.41) is 17.2. The van der Waals surface area contributed by atoms with Gasteiger partial charge in [-0.3, -0.25) is 4.79 Å². The molecule has 3 atom stereocenters. The lowest BCUT2D eigenvalue weighted by Crippen LogP contribution is -2.52. The predicted molar refractivity (Wildman–Crippen MR) is 141 cm³/mol. The second-order valence-corrected chi connectivity index (χ2v) is 10.2. The van der Waals surface area contributed by atoms with Gasteiger partial charge in [0.1, 0.15) is 35.8 Å². The summed E-state index contributed by atoms with van der Waals surface area (Å²) in [6.07, 6.45) is 4.50. The Bertz CT molecular complexity index is 1320. The van der Waals surface area contributed by atoms with Gasteiger partial charge in [-0.05, 0) is 38.5 Å². The van der Waals surface area contributed by atoms with E-state index in [1.165, 1.54) is 0 Å². The maximum atomic E-state index is 12.8. The Balaban J connectivity index is 1.15. The third-order valence-corrected chi connectivity index (χ3v) is 6.98. The van der Waals surface area contributed by atoms with E-state index in [0.717, 1.165) is 25.2 Å². The van der Waals surface area contributed by atoms with Gasteiger partial charge in [-0.2, -0.15) is 0 Å². The molecule has 0 radical (unpaired) electrons. The van der Waals surface area contributed by atoms with Crippen LogP contribution in [-0.4, -0.2) is 81.5 Å². The molecule has 0 saturated carbocycles. The average Bonchev–Trinajstić information content (AvgIpc) is 3.67. The molecule has 3 aliphatic heterocycles. The minimum atomic E-state index is -1.13. The van der Waals surface area contributed by atoms with Crippen LogP contribution in [-0.2, 0) is 16.0 Å². The largest absolute Gasteiger partial charge is 0.491 e. The number of carbonyl (C=O) groups excluding carboxylic acids is 1. The first-order valence-electron chi connectivity index (χ1n) is 13.0. The number of H-pyrrole nitrogens is 1. The average molecular weight is 537 g/mol. The molecule has 6 heterocycles. The van der Waals surface area contributed by atoms with Gasteiger partial charge in [-0.1, -0.05) is 0 Å². The number of hydrogen-bond donors (Lipinski definition) is 4. The van der Waals surface area contributed by atoms with Crippen LogP contribution >= 0.6 is 0 Å². The van der Waals surface area contributed by atoms with Gasteiger partial charge in [0.15, 0.2) is 11.6 Å². The molecule has 206 valence electrons. The van der Waals surface area contributed by atoms with Crippen LogP contribution in [0, 0.1) is 0 Å². The number of amides is 1. The Kier molecular flexibility index (Phi) is 6.71. The first kappa shape index (κ1) is 25.3. The molecule has 2 fully saturated rings. The molecule has 0 spiro atoms. The maximum Gasteiger partial charge on any atom is 0.270 e. The molecule has 3 aromatic heterocycles. The zero-order chi connectivity index (χ0) is 27.0. The van der Waals surface area contributed by atoms with E-state index in [9.17, 15) is 9.90 Å². The zero-order valence-corrected chi connectivity index (χ0v) is 21.8. The van der Waals surface area contributed by atoms with Crippen LogP contribution in [0.2, 0.25) is 0 Å². The van der Waals surface area contributed by atoms with Crippen molar-refractivity contribution in [3.8, 4) is 5.75 Å². The van der Waals surface area contributed by atoms with Gasteiger partial charge >= 0.3 is 0 Å². The van der Waals surface area contributed by atoms with Crippen LogP contribution in [0.1, 0.15) is 36.6 Å². The first-order valence-corrected chi connectivity index (χ1v) is 13.0. The monoisotopic (exact) mass is 536 g/mol. The van der Waals surface area contributed by atoms with Crippen molar-refractivity contribution in [2.24, 2.45) is 0 Å². The summed E-state index contributed by atoms with van der Waals surface area (Å²) < 4.78 is 17.3. The number of anilines is 3. The van der Waals surface area contributed by atoms with Crippen molar-refractivity contribution in [1.29, 1.82) is 0 Å². The number of rotatable bonds is 9. The SMILES string of the molecule is CC1(C)OC[C@H](COc2ccnc(NC(O)N3c4nc(C(=O)NCc5ncc[nH]5)ccc4N4CC[C@H]3C4)c2)O1. The number of pyridine rings is 2. The van der Waals surface area contributed by atoms with Gasteiger partial charge in [0.05, 0.1) is 24.9 Å². The number of aromatic amines is 1. The lowest BCUT2D eigenvalue weighted by atomic mass is 10.1. The number of carbonyl (C=O) groups is 1. The fraction of sp³-hybridized carbons (Fsp3) is 0.462. The van der Waals surface area contributed by atoms with E-state index in [2.05, 4.69) is 35.5 Å². The highest BCUT2D eigenvalue weighted by molar-refractivity contribution is 5.93. The lowest BCUT2D eigenvalue weighted by molar-refractivity contribution is -0.141. The second-order valence-electron chi connectivity index (χ2n) is 10.2. The van der Waals surface area contributed by atoms with E-state index in [1.807, 2.05) is 24.8 Å². The van der Waals surface area contributed by atoms with Crippen molar-refractivity contribution in [2.75, 3.05) is 41.4 Å². The molecule has 0 aromatic carbocycles. The molecule has 6 rings (SSSR count). The minimum absolute atomic E-state index is 0.0243. The van der Waals surface area contributed by atoms with Crippen molar-refractivity contribution < 1.29 is 24.1 Å². The standard InChI is InChI=1S/C26H32N8O5/c1-26(2)38-15-18(39-26)14-37-17-5-7-27-21(11-17)32-25(36)34-16-6-10-33(13-16)20-4-3-19(31-23(20)34)24(35)30-12-22-28-8-9-29-22/h3-5,7-9,11,16,18,25,36H,6,10,12-15H2,1-2H3,(H,27,32)(H,28,29)(H,30,35)/t16-,18-,25?/m0/s1. The predicted octanol–water partition coefficient (Wildman–Crippen LogP) is 1.45. The van der Waals surface area contributed by atoms with Crippen LogP contribution in [0.3, 0.4) is 0 Å². The quantitative estimate of drug-likeness (QED) is 0.294. The molecule has 39 heavy (non-hydrogen) atoms. The number of imidazole rings is 1. The number of nitrogens with one attached hydrogen (secondary N) is 3. The molecule has 2 bridgehead atoms. The molecule has 4 N–H and O–H groups in total. The lowest BCUT2D eigenvalue weighted by Gasteiger charge is -2.40. The van der Waals surface area contributed by atoms with Crippen LogP contribution in [0.15, 0.2) is 42.9 Å². The Morgan fingerprint density at radius 2 is 2.21 bits per heavy atom. The molecular formula is C26H32N8O5. The van der Waals surface area contributed by atoms with Gasteiger partial charge in [-0.25, -0.2) is 15.0 Å². The van der Waals surface area contributed by atoms with Gasteiger partial charge in [-0.15, -0.1) is 0 Å². The third-order valence-electron chi connectivity index (χ3n) is 6.98. The van der Waals surface area contributed by atoms with Gasteiger partial charge in [0, 0.05) is 37.7 Å². The Morgan fingerprint density at radius 1 is 1.31 bits per heavy atom. The number of nitrogens with zero attached hydrogens (tertiary/aromatic N) is 5. The van der Waals surface area contributed by atoms with Crippen LogP contribution in [0.5, 0.6) is 5.75 Å². The number of aliphatic hydroxyl groups is 1. The fourth-order valence-corrected chi connectivity index (χ4v) is 5.15. The third kappa shape index (κ3) is 5.46. The fourth-order valence-electron chi connectivity index (χ4n) is 5.15. The van der Waals surface area contributed by atoms with Crippen LogP contribution in [0.4, 0.5) is 17.3 Å². The van der Waals surface area contributed by atoms with E-state index in [4.69, 9.17) is 14.2 Å². The van der Waals surface area contributed by atoms with Gasteiger partial charge in [0.25, 0.3) is 5.91 Å². The van der Waals surface area contributed by atoms with E-state index in [1.54, 1.807) is 36.8 Å². The molecular weight excluding hydrogens is 504 g/mol. The van der Waals surface area contributed by atoms with E-state index in [0.29, 0.717) is 36.4 Å². The molecule has 13 nitrogen and oxygen atoms in total. The molecule has 3 aliphatic rings. The molecule has 13 heteroatoms. The maximum absolute atomic E-state index is 12.8. The molecule has 3 aromatic rings. The number of hydrogen-bond acceptors (Lipinski definition) is 11. The molecule has 1 amide bonds. The Labute approximate surface area is 225 Å². The Hall–Kier alpha value is -3.94. The van der Waals surface area contributed by atoms with Crippen molar-refractivity contribution >= 4 is 23.2 Å². The second kappa shape index (κ2) is 10.3. The van der Waals surface area contributed by atoms with Gasteiger partial charge in [0.2, 0.25) is 6.35 Å². The summed E-state index contributed by atoms with van der Waals surface area (Å²) in [5.74, 6) is 1.29. The normalized spacial score (nSPS) is 21.9. The topological polar surface area (TPSA) is 150 Å². The van der Waals surface area contributed by atoms with Crippen molar-refractivity contribution in [3.05, 3.63) is 54.4 Å². The van der Waals surface area contributed by atoms with Crippen molar-refractivity contribution in [2.45, 2.75) is 51.1 Å². The smallest absolute Gasteiger partial charge is 0.270 e. The summed E-state index contributed by atoms with van der Waals surface area (Å²) >= 11 is 0. The van der Waals surface area contributed by atoms with Crippen molar-refractivity contribution in [3.63, 3.8) is 0 Å². The highest BCUT2D eigenvalue weighted by Gasteiger charge is 2.40. The van der Waals surface area contributed by atoms with E-state index in [-0.39, 0.29) is 30.3 Å². The highest BCUT2D eigenvalue weighted by atomic mass is 16.7. The van der Waals surface area contributed by atoms with Crippen molar-refractivity contribution in [1.82, 2.24) is 25.3 Å². The number of aliphatic hydroxyl groups excluding tert-OH is 1. The number of ether oxygens (including phenoxy) is 3. The summed E-state index contributed by atoms with van der Waals surface area (Å²) in [7, 11) is 0. The van der Waals surface area contributed by atoms with E-state index >= 15 is 0 Å². The Morgan fingerprint density at radius 3 is 3.00 bits per heavy atom.